The van der Waals surface area contributed by atoms with E-state index in [-0.39, 0.29) is 24.0 Å². The standard InChI is InChI=1S/C22H32N4O3S/c1-22(2,3)29-21(28)26-12-9-15(10-13-26)20(27)25-18(11-14-30-4)19-23-16-7-5-6-8-17(16)24-19/h5-8,15,18H,9-14H2,1-4H3,(H,23,24)(H,25,27)/t18-/m1/s1. The number of carbonyl (C=O) groups excluding carboxylic acids is 2. The van der Waals surface area contributed by atoms with Crippen LogP contribution >= 0.6 is 11.8 Å². The van der Waals surface area contributed by atoms with Crippen molar-refractivity contribution in [1.29, 1.82) is 0 Å². The highest BCUT2D eigenvalue weighted by atomic mass is 32.2. The van der Waals surface area contributed by atoms with E-state index in [1.54, 1.807) is 16.7 Å². The van der Waals surface area contributed by atoms with Gasteiger partial charge in [0.25, 0.3) is 0 Å². The molecular weight excluding hydrogens is 400 g/mol. The van der Waals surface area contributed by atoms with Crippen molar-refractivity contribution < 1.29 is 14.3 Å². The number of ether oxygens (including phenoxy) is 1. The van der Waals surface area contributed by atoms with Gasteiger partial charge in [-0.1, -0.05) is 12.1 Å². The topological polar surface area (TPSA) is 87.3 Å². The second kappa shape index (κ2) is 9.73. The maximum Gasteiger partial charge on any atom is 0.410 e. The van der Waals surface area contributed by atoms with E-state index < -0.39 is 5.60 Å². The summed E-state index contributed by atoms with van der Waals surface area (Å²) in [6.07, 6.45) is 3.84. The summed E-state index contributed by atoms with van der Waals surface area (Å²) < 4.78 is 5.44. The molecule has 1 atom stereocenters. The monoisotopic (exact) mass is 432 g/mol. The number of aromatic nitrogens is 2. The van der Waals surface area contributed by atoms with E-state index in [4.69, 9.17) is 4.74 Å². The van der Waals surface area contributed by atoms with Gasteiger partial charge in [-0.15, -0.1) is 0 Å². The Hall–Kier alpha value is -2.22. The summed E-state index contributed by atoms with van der Waals surface area (Å²) >= 11 is 1.75. The zero-order valence-corrected chi connectivity index (χ0v) is 19.1. The molecule has 7 nitrogen and oxygen atoms in total. The number of piperidine rings is 1. The summed E-state index contributed by atoms with van der Waals surface area (Å²) in [5, 5.41) is 3.20. The number of benzene rings is 1. The van der Waals surface area contributed by atoms with Crippen LogP contribution in [0.5, 0.6) is 0 Å². The van der Waals surface area contributed by atoms with E-state index in [1.165, 1.54) is 0 Å². The molecule has 0 bridgehead atoms. The Morgan fingerprint density at radius 1 is 1.30 bits per heavy atom. The number of nitrogens with zero attached hydrogens (tertiary/aromatic N) is 2. The molecule has 1 aliphatic rings. The Bertz CT molecular complexity index is 836. The Morgan fingerprint density at radius 3 is 2.63 bits per heavy atom. The third-order valence-corrected chi connectivity index (χ3v) is 5.83. The van der Waals surface area contributed by atoms with E-state index in [2.05, 4.69) is 21.5 Å². The highest BCUT2D eigenvalue weighted by Gasteiger charge is 2.31. The third-order valence-electron chi connectivity index (χ3n) is 5.18. The van der Waals surface area contributed by atoms with Crippen LogP contribution in [-0.4, -0.2) is 57.6 Å². The molecule has 2 amide bonds. The lowest BCUT2D eigenvalue weighted by Crippen LogP contribution is -2.45. The summed E-state index contributed by atoms with van der Waals surface area (Å²) in [6, 6.07) is 7.74. The number of H-pyrrole nitrogens is 1. The average molecular weight is 433 g/mol. The van der Waals surface area contributed by atoms with E-state index >= 15 is 0 Å². The Morgan fingerprint density at radius 2 is 2.00 bits per heavy atom. The van der Waals surface area contributed by atoms with Crippen LogP contribution in [0.4, 0.5) is 4.79 Å². The van der Waals surface area contributed by atoms with Crippen molar-refractivity contribution in [2.75, 3.05) is 25.1 Å². The van der Waals surface area contributed by atoms with E-state index in [0.717, 1.165) is 29.0 Å². The molecule has 2 heterocycles. The van der Waals surface area contributed by atoms with Crippen molar-refractivity contribution in [3.05, 3.63) is 30.1 Å². The number of fused-ring (bicyclic) bond motifs is 1. The molecule has 8 heteroatoms. The van der Waals surface area contributed by atoms with E-state index in [9.17, 15) is 9.59 Å². The molecule has 1 fully saturated rings. The van der Waals surface area contributed by atoms with Crippen LogP contribution in [0, 0.1) is 5.92 Å². The molecular formula is C22H32N4O3S. The van der Waals surface area contributed by atoms with Crippen molar-refractivity contribution in [2.45, 2.75) is 51.7 Å². The first kappa shape index (κ1) is 22.5. The smallest absolute Gasteiger partial charge is 0.410 e. The fraction of sp³-hybridized carbons (Fsp3) is 0.591. The van der Waals surface area contributed by atoms with Crippen LogP contribution in [0.3, 0.4) is 0 Å². The predicted octanol–water partition coefficient (Wildman–Crippen LogP) is 4.12. The molecule has 2 N–H and O–H groups in total. The second-order valence-electron chi connectivity index (χ2n) is 8.72. The normalized spacial score (nSPS) is 16.5. The van der Waals surface area contributed by atoms with Crippen LogP contribution in [0.2, 0.25) is 0 Å². The minimum Gasteiger partial charge on any atom is -0.444 e. The van der Waals surface area contributed by atoms with Crippen molar-refractivity contribution in [3.63, 3.8) is 0 Å². The summed E-state index contributed by atoms with van der Waals surface area (Å²) in [4.78, 5) is 34.9. The van der Waals surface area contributed by atoms with Gasteiger partial charge >= 0.3 is 6.09 Å². The van der Waals surface area contributed by atoms with Gasteiger partial charge in [0.15, 0.2) is 0 Å². The molecule has 30 heavy (non-hydrogen) atoms. The number of hydrogen-bond acceptors (Lipinski definition) is 5. The number of thioether (sulfide) groups is 1. The molecule has 0 saturated carbocycles. The van der Waals surface area contributed by atoms with Gasteiger partial charge in [-0.25, -0.2) is 9.78 Å². The minimum atomic E-state index is -0.512. The largest absolute Gasteiger partial charge is 0.444 e. The van der Waals surface area contributed by atoms with Gasteiger partial charge in [-0.3, -0.25) is 4.79 Å². The maximum absolute atomic E-state index is 13.0. The highest BCUT2D eigenvalue weighted by molar-refractivity contribution is 7.98. The lowest BCUT2D eigenvalue weighted by atomic mass is 9.95. The Kier molecular flexibility index (Phi) is 7.28. The zero-order chi connectivity index (χ0) is 21.7. The molecule has 0 radical (unpaired) electrons. The SMILES string of the molecule is CSCC[C@@H](NC(=O)C1CCN(C(=O)OC(C)(C)C)CC1)c1nc2ccccc2[nH]1. The Labute approximate surface area is 182 Å². The maximum atomic E-state index is 13.0. The molecule has 1 aromatic carbocycles. The van der Waals surface area contributed by atoms with E-state index in [0.29, 0.717) is 25.9 Å². The first-order valence-electron chi connectivity index (χ1n) is 10.5. The van der Waals surface area contributed by atoms with Crippen LogP contribution in [0.25, 0.3) is 11.0 Å². The van der Waals surface area contributed by atoms with E-state index in [1.807, 2.05) is 45.0 Å². The summed E-state index contributed by atoms with van der Waals surface area (Å²) in [6.45, 7) is 6.65. The van der Waals surface area contributed by atoms with Gasteiger partial charge in [-0.05, 0) is 64.2 Å². The number of amides is 2. The molecule has 164 valence electrons. The summed E-state index contributed by atoms with van der Waals surface area (Å²) in [5.74, 6) is 1.65. The number of rotatable bonds is 6. The van der Waals surface area contributed by atoms with Gasteiger partial charge in [-0.2, -0.15) is 11.8 Å². The lowest BCUT2D eigenvalue weighted by molar-refractivity contribution is -0.127. The fourth-order valence-corrected chi connectivity index (χ4v) is 4.06. The highest BCUT2D eigenvalue weighted by Crippen LogP contribution is 2.24. The fourth-order valence-electron chi connectivity index (χ4n) is 3.59. The van der Waals surface area contributed by atoms with Gasteiger partial charge in [0, 0.05) is 19.0 Å². The zero-order valence-electron chi connectivity index (χ0n) is 18.2. The Balaban J connectivity index is 1.60. The first-order valence-corrected chi connectivity index (χ1v) is 11.9. The number of likely N-dealkylation sites (tertiary alicyclic amines) is 1. The minimum absolute atomic E-state index is 0.0328. The number of carbonyl (C=O) groups is 2. The quantitative estimate of drug-likeness (QED) is 0.717. The van der Waals surface area contributed by atoms with Crippen LogP contribution < -0.4 is 5.32 Å². The second-order valence-corrected chi connectivity index (χ2v) is 9.71. The molecule has 1 aliphatic heterocycles. The van der Waals surface area contributed by atoms with Crippen LogP contribution in [0.1, 0.15) is 51.9 Å². The third kappa shape index (κ3) is 5.90. The molecule has 0 unspecified atom stereocenters. The molecule has 1 aromatic heterocycles. The number of aromatic amines is 1. The predicted molar refractivity (Wildman–Crippen MR) is 121 cm³/mol. The van der Waals surface area contributed by atoms with Gasteiger partial charge < -0.3 is 19.9 Å². The molecule has 1 saturated heterocycles. The summed E-state index contributed by atoms with van der Waals surface area (Å²) in [7, 11) is 0. The number of imidazole rings is 1. The van der Waals surface area contributed by atoms with Gasteiger partial charge in [0.05, 0.1) is 17.1 Å². The molecule has 0 spiro atoms. The van der Waals surface area contributed by atoms with Crippen molar-refractivity contribution in [2.24, 2.45) is 5.92 Å². The van der Waals surface area contributed by atoms with Crippen molar-refractivity contribution in [1.82, 2.24) is 20.2 Å². The summed E-state index contributed by atoms with van der Waals surface area (Å²) in [5.41, 5.74) is 1.37. The van der Waals surface area contributed by atoms with Gasteiger partial charge in [0.2, 0.25) is 5.91 Å². The number of para-hydroxylation sites is 2. The first-order chi connectivity index (χ1) is 14.3. The van der Waals surface area contributed by atoms with Gasteiger partial charge in [0.1, 0.15) is 11.4 Å². The van der Waals surface area contributed by atoms with Crippen LogP contribution in [0.15, 0.2) is 24.3 Å². The van der Waals surface area contributed by atoms with Crippen LogP contribution in [-0.2, 0) is 9.53 Å². The molecule has 3 rings (SSSR count). The number of nitrogens with one attached hydrogen (secondary N) is 2. The lowest BCUT2D eigenvalue weighted by Gasteiger charge is -2.33. The van der Waals surface area contributed by atoms with Crippen molar-refractivity contribution in [3.8, 4) is 0 Å². The molecule has 2 aromatic rings. The number of hydrogen-bond donors (Lipinski definition) is 2. The molecule has 0 aliphatic carbocycles. The average Bonchev–Trinajstić information content (AvgIpc) is 3.14. The van der Waals surface area contributed by atoms with Crippen molar-refractivity contribution >= 4 is 34.8 Å².